The van der Waals surface area contributed by atoms with Crippen LogP contribution in [0.2, 0.25) is 0 Å². The fourth-order valence-corrected chi connectivity index (χ4v) is 2.09. The molecular formula is C12H19N3O2. The molecule has 1 fully saturated rings. The second-order valence-corrected chi connectivity index (χ2v) is 4.27. The maximum Gasteiger partial charge on any atom is 0.180 e. The number of hydrogen-bond acceptors (Lipinski definition) is 4. The van der Waals surface area contributed by atoms with Crippen LogP contribution in [-0.4, -0.2) is 53.3 Å². The highest BCUT2D eigenvalue weighted by Gasteiger charge is 2.18. The third-order valence-corrected chi connectivity index (χ3v) is 3.17. The molecule has 5 nitrogen and oxygen atoms in total. The standard InChI is InChI=1S/C12H19N3O2/c1-3-15-10(2)11(8-13-15)12(16)9-14-4-6-17-7-5-14/h8H,3-7,9H2,1-2H3. The van der Waals surface area contributed by atoms with Crippen molar-refractivity contribution >= 4 is 5.78 Å². The van der Waals surface area contributed by atoms with Crippen LogP contribution in [0.3, 0.4) is 0 Å². The Labute approximate surface area is 101 Å². The van der Waals surface area contributed by atoms with E-state index in [1.54, 1.807) is 6.20 Å². The van der Waals surface area contributed by atoms with E-state index in [-0.39, 0.29) is 5.78 Å². The Morgan fingerprint density at radius 3 is 2.76 bits per heavy atom. The van der Waals surface area contributed by atoms with Gasteiger partial charge in [-0.25, -0.2) is 0 Å². The van der Waals surface area contributed by atoms with Crippen LogP contribution >= 0.6 is 0 Å². The third kappa shape index (κ3) is 2.73. The van der Waals surface area contributed by atoms with Gasteiger partial charge in [-0.1, -0.05) is 0 Å². The van der Waals surface area contributed by atoms with Gasteiger partial charge in [0.25, 0.3) is 0 Å². The van der Waals surface area contributed by atoms with Gasteiger partial charge in [-0.2, -0.15) is 5.10 Å². The largest absolute Gasteiger partial charge is 0.379 e. The van der Waals surface area contributed by atoms with Gasteiger partial charge in [-0.05, 0) is 13.8 Å². The summed E-state index contributed by atoms with van der Waals surface area (Å²) < 4.78 is 7.12. The van der Waals surface area contributed by atoms with Crippen LogP contribution in [0, 0.1) is 6.92 Å². The Bertz CT molecular complexity index is 394. The Morgan fingerprint density at radius 1 is 1.47 bits per heavy atom. The lowest BCUT2D eigenvalue weighted by Gasteiger charge is -2.25. The highest BCUT2D eigenvalue weighted by Crippen LogP contribution is 2.09. The lowest BCUT2D eigenvalue weighted by Crippen LogP contribution is -2.39. The van der Waals surface area contributed by atoms with Gasteiger partial charge in [0.2, 0.25) is 0 Å². The molecule has 0 bridgehead atoms. The van der Waals surface area contributed by atoms with Gasteiger partial charge in [0.15, 0.2) is 5.78 Å². The van der Waals surface area contributed by atoms with Crippen LogP contribution in [0.25, 0.3) is 0 Å². The zero-order chi connectivity index (χ0) is 12.3. The van der Waals surface area contributed by atoms with Gasteiger partial charge >= 0.3 is 0 Å². The van der Waals surface area contributed by atoms with E-state index in [2.05, 4.69) is 10.00 Å². The van der Waals surface area contributed by atoms with Crippen molar-refractivity contribution in [1.29, 1.82) is 0 Å². The zero-order valence-electron chi connectivity index (χ0n) is 10.5. The molecule has 2 heterocycles. The van der Waals surface area contributed by atoms with Crippen LogP contribution in [-0.2, 0) is 11.3 Å². The fourth-order valence-electron chi connectivity index (χ4n) is 2.09. The molecule has 1 aromatic heterocycles. The molecule has 0 radical (unpaired) electrons. The monoisotopic (exact) mass is 237 g/mol. The normalized spacial score (nSPS) is 17.3. The summed E-state index contributed by atoms with van der Waals surface area (Å²) in [6.07, 6.45) is 1.68. The summed E-state index contributed by atoms with van der Waals surface area (Å²) in [6.45, 7) is 8.37. The van der Waals surface area contributed by atoms with Crippen LogP contribution in [0.15, 0.2) is 6.20 Å². The van der Waals surface area contributed by atoms with Crippen LogP contribution in [0.1, 0.15) is 23.0 Å². The number of aromatic nitrogens is 2. The number of ether oxygens (including phenoxy) is 1. The van der Waals surface area contributed by atoms with Crippen molar-refractivity contribution in [2.45, 2.75) is 20.4 Å². The summed E-state index contributed by atoms with van der Waals surface area (Å²) in [5.41, 5.74) is 1.71. The van der Waals surface area contributed by atoms with E-state index in [4.69, 9.17) is 4.74 Å². The number of carbonyl (C=O) groups is 1. The molecule has 0 amide bonds. The topological polar surface area (TPSA) is 47.4 Å². The van der Waals surface area contributed by atoms with Crippen molar-refractivity contribution in [3.8, 4) is 0 Å². The molecule has 1 aromatic rings. The van der Waals surface area contributed by atoms with E-state index in [9.17, 15) is 4.79 Å². The molecule has 0 aliphatic carbocycles. The molecule has 0 aromatic carbocycles. The molecule has 1 aliphatic rings. The molecule has 0 spiro atoms. The number of nitrogens with zero attached hydrogens (tertiary/aromatic N) is 3. The molecule has 17 heavy (non-hydrogen) atoms. The number of morpholine rings is 1. The van der Waals surface area contributed by atoms with Crippen LogP contribution < -0.4 is 0 Å². The number of carbonyl (C=O) groups excluding carboxylic acids is 1. The SMILES string of the molecule is CCn1ncc(C(=O)CN2CCOCC2)c1C. The zero-order valence-corrected chi connectivity index (χ0v) is 10.5. The molecule has 0 unspecified atom stereocenters. The number of rotatable bonds is 4. The minimum Gasteiger partial charge on any atom is -0.379 e. The second kappa shape index (κ2) is 5.42. The molecular weight excluding hydrogens is 218 g/mol. The summed E-state index contributed by atoms with van der Waals surface area (Å²) in [7, 11) is 0. The van der Waals surface area contributed by atoms with E-state index in [1.165, 1.54) is 0 Å². The predicted octanol–water partition coefficient (Wildman–Crippen LogP) is 0.726. The molecule has 1 saturated heterocycles. The minimum atomic E-state index is 0.157. The lowest BCUT2D eigenvalue weighted by atomic mass is 10.1. The molecule has 2 rings (SSSR count). The van der Waals surface area contributed by atoms with Crippen LogP contribution in [0.4, 0.5) is 0 Å². The average molecular weight is 237 g/mol. The van der Waals surface area contributed by atoms with Gasteiger partial charge in [0, 0.05) is 25.3 Å². The molecule has 0 N–H and O–H groups in total. The van der Waals surface area contributed by atoms with E-state index in [0.717, 1.165) is 44.1 Å². The third-order valence-electron chi connectivity index (χ3n) is 3.17. The molecule has 5 heteroatoms. The van der Waals surface area contributed by atoms with Gasteiger partial charge < -0.3 is 4.74 Å². The van der Waals surface area contributed by atoms with Gasteiger partial charge in [0.1, 0.15) is 0 Å². The maximum absolute atomic E-state index is 12.1. The maximum atomic E-state index is 12.1. The average Bonchev–Trinajstić information content (AvgIpc) is 2.71. The number of Topliss-reactive ketones (excluding diaryl/α,β-unsaturated/α-hetero) is 1. The first-order chi connectivity index (χ1) is 8.22. The first kappa shape index (κ1) is 12.3. The highest BCUT2D eigenvalue weighted by molar-refractivity contribution is 5.98. The first-order valence-electron chi connectivity index (χ1n) is 6.08. The summed E-state index contributed by atoms with van der Waals surface area (Å²) in [5, 5.41) is 4.20. The molecule has 0 saturated carbocycles. The Kier molecular flexibility index (Phi) is 3.91. The quantitative estimate of drug-likeness (QED) is 0.724. The van der Waals surface area contributed by atoms with Crippen molar-refractivity contribution in [1.82, 2.24) is 14.7 Å². The van der Waals surface area contributed by atoms with Gasteiger partial charge in [-0.15, -0.1) is 0 Å². The van der Waals surface area contributed by atoms with E-state index in [1.807, 2.05) is 18.5 Å². The van der Waals surface area contributed by atoms with Gasteiger partial charge in [-0.3, -0.25) is 14.4 Å². The van der Waals surface area contributed by atoms with Crippen molar-refractivity contribution < 1.29 is 9.53 Å². The van der Waals surface area contributed by atoms with E-state index >= 15 is 0 Å². The van der Waals surface area contributed by atoms with Crippen molar-refractivity contribution in [3.63, 3.8) is 0 Å². The number of hydrogen-bond donors (Lipinski definition) is 0. The minimum absolute atomic E-state index is 0.157. The smallest absolute Gasteiger partial charge is 0.180 e. The van der Waals surface area contributed by atoms with Crippen LogP contribution in [0.5, 0.6) is 0 Å². The Balaban J connectivity index is 2.01. The predicted molar refractivity (Wildman–Crippen MR) is 64.2 cm³/mol. The summed E-state index contributed by atoms with van der Waals surface area (Å²) in [4.78, 5) is 14.3. The summed E-state index contributed by atoms with van der Waals surface area (Å²) in [5.74, 6) is 0.157. The fraction of sp³-hybridized carbons (Fsp3) is 0.667. The Morgan fingerprint density at radius 2 is 2.18 bits per heavy atom. The molecule has 0 atom stereocenters. The van der Waals surface area contributed by atoms with Crippen molar-refractivity contribution in [3.05, 3.63) is 17.5 Å². The first-order valence-corrected chi connectivity index (χ1v) is 6.08. The Hall–Kier alpha value is -1.20. The summed E-state index contributed by atoms with van der Waals surface area (Å²) in [6, 6.07) is 0. The molecule has 94 valence electrons. The lowest BCUT2D eigenvalue weighted by molar-refractivity contribution is 0.0371. The highest BCUT2D eigenvalue weighted by atomic mass is 16.5. The second-order valence-electron chi connectivity index (χ2n) is 4.27. The molecule has 1 aliphatic heterocycles. The van der Waals surface area contributed by atoms with E-state index in [0.29, 0.717) is 6.54 Å². The number of aryl methyl sites for hydroxylation is 1. The van der Waals surface area contributed by atoms with Crippen molar-refractivity contribution in [2.75, 3.05) is 32.8 Å². The summed E-state index contributed by atoms with van der Waals surface area (Å²) >= 11 is 0. The number of ketones is 1. The van der Waals surface area contributed by atoms with Gasteiger partial charge in [0.05, 0.1) is 31.5 Å². The van der Waals surface area contributed by atoms with E-state index < -0.39 is 0 Å². The van der Waals surface area contributed by atoms with Crippen molar-refractivity contribution in [2.24, 2.45) is 0 Å².